The van der Waals surface area contributed by atoms with E-state index in [4.69, 9.17) is 9.47 Å². The molecule has 0 saturated heterocycles. The molecule has 1 rings (SSSR count). The van der Waals surface area contributed by atoms with Gasteiger partial charge < -0.3 is 20.1 Å². The summed E-state index contributed by atoms with van der Waals surface area (Å²) in [5, 5.41) is 6.07. The fraction of sp³-hybridized carbons (Fsp3) is 0.917. The lowest BCUT2D eigenvalue weighted by molar-refractivity contribution is -0.120. The largest absolute Gasteiger partial charge is 0.385 e. The molecule has 0 aromatic heterocycles. The maximum absolute atomic E-state index is 11.4. The molecule has 5 heteroatoms. The molecule has 1 fully saturated rings. The Hall–Kier alpha value is -0.650. The Labute approximate surface area is 103 Å². The van der Waals surface area contributed by atoms with Crippen molar-refractivity contribution >= 4 is 5.91 Å². The third-order valence-corrected chi connectivity index (χ3v) is 2.90. The summed E-state index contributed by atoms with van der Waals surface area (Å²) in [6.07, 6.45) is 3.29. The molecule has 2 N–H and O–H groups in total. The molecule has 0 aliphatic heterocycles. The predicted molar refractivity (Wildman–Crippen MR) is 65.9 cm³/mol. The van der Waals surface area contributed by atoms with Crippen molar-refractivity contribution in [1.82, 2.24) is 10.6 Å². The van der Waals surface area contributed by atoms with Crippen LogP contribution in [-0.4, -0.2) is 51.5 Å². The Morgan fingerprint density at radius 2 is 2.18 bits per heavy atom. The zero-order valence-corrected chi connectivity index (χ0v) is 10.8. The number of ether oxygens (including phenoxy) is 2. The van der Waals surface area contributed by atoms with Gasteiger partial charge in [-0.2, -0.15) is 0 Å². The van der Waals surface area contributed by atoms with Crippen LogP contribution in [0.3, 0.4) is 0 Å². The molecule has 0 spiro atoms. The highest BCUT2D eigenvalue weighted by molar-refractivity contribution is 5.77. The van der Waals surface area contributed by atoms with Gasteiger partial charge >= 0.3 is 0 Å². The van der Waals surface area contributed by atoms with Crippen LogP contribution in [0.15, 0.2) is 0 Å². The van der Waals surface area contributed by atoms with Crippen LogP contribution in [0.2, 0.25) is 0 Å². The van der Waals surface area contributed by atoms with E-state index in [-0.39, 0.29) is 5.91 Å². The van der Waals surface area contributed by atoms with Crippen molar-refractivity contribution in [2.75, 3.05) is 33.4 Å². The molecule has 0 heterocycles. The first-order valence-corrected chi connectivity index (χ1v) is 6.36. The molecule has 1 saturated carbocycles. The lowest BCUT2D eigenvalue weighted by Gasteiger charge is -2.35. The number of hydrogen-bond donors (Lipinski definition) is 2. The van der Waals surface area contributed by atoms with Crippen molar-refractivity contribution in [3.05, 3.63) is 0 Å². The van der Waals surface area contributed by atoms with Gasteiger partial charge in [-0.3, -0.25) is 4.79 Å². The summed E-state index contributed by atoms with van der Waals surface area (Å²) < 4.78 is 10.4. The monoisotopic (exact) mass is 244 g/mol. The minimum Gasteiger partial charge on any atom is -0.385 e. The second kappa shape index (κ2) is 8.44. The molecule has 1 aliphatic carbocycles. The van der Waals surface area contributed by atoms with E-state index in [0.29, 0.717) is 31.8 Å². The summed E-state index contributed by atoms with van der Waals surface area (Å²) in [4.78, 5) is 11.4. The topological polar surface area (TPSA) is 59.6 Å². The molecule has 0 bridgehead atoms. The molecule has 0 radical (unpaired) electrons. The van der Waals surface area contributed by atoms with Crippen molar-refractivity contribution < 1.29 is 14.3 Å². The summed E-state index contributed by atoms with van der Waals surface area (Å²) in [6, 6.07) is 0.441. The summed E-state index contributed by atoms with van der Waals surface area (Å²) in [6.45, 7) is 4.55. The van der Waals surface area contributed by atoms with Gasteiger partial charge in [-0.15, -0.1) is 0 Å². The summed E-state index contributed by atoms with van der Waals surface area (Å²) in [7, 11) is 1.66. The molecule has 1 aliphatic rings. The van der Waals surface area contributed by atoms with Gasteiger partial charge in [0.15, 0.2) is 0 Å². The Bertz CT molecular complexity index is 218. The molecule has 0 aromatic rings. The van der Waals surface area contributed by atoms with Gasteiger partial charge in [-0.05, 0) is 26.2 Å². The van der Waals surface area contributed by atoms with Gasteiger partial charge in [0, 0.05) is 32.9 Å². The van der Waals surface area contributed by atoms with Crippen LogP contribution in [0.4, 0.5) is 0 Å². The number of methoxy groups -OCH3 is 1. The van der Waals surface area contributed by atoms with Crippen LogP contribution in [-0.2, 0) is 14.3 Å². The van der Waals surface area contributed by atoms with E-state index in [9.17, 15) is 4.79 Å². The van der Waals surface area contributed by atoms with Crippen molar-refractivity contribution in [1.29, 1.82) is 0 Å². The highest BCUT2D eigenvalue weighted by Crippen LogP contribution is 2.22. The average Bonchev–Trinajstić information content (AvgIpc) is 2.27. The molecular formula is C12H24N2O3. The summed E-state index contributed by atoms with van der Waals surface area (Å²) in [5.74, 6) is 0.0564. The Balaban J connectivity index is 1.91. The van der Waals surface area contributed by atoms with Gasteiger partial charge in [-0.25, -0.2) is 0 Å². The van der Waals surface area contributed by atoms with Gasteiger partial charge in [0.2, 0.25) is 5.91 Å². The van der Waals surface area contributed by atoms with Gasteiger partial charge in [0.1, 0.15) is 0 Å². The zero-order valence-electron chi connectivity index (χ0n) is 10.8. The molecule has 17 heavy (non-hydrogen) atoms. The minimum absolute atomic E-state index is 0.0564. The quantitative estimate of drug-likeness (QED) is 0.573. The molecule has 1 amide bonds. The van der Waals surface area contributed by atoms with E-state index in [1.165, 1.54) is 0 Å². The van der Waals surface area contributed by atoms with Gasteiger partial charge in [0.05, 0.1) is 12.6 Å². The Morgan fingerprint density at radius 1 is 1.41 bits per heavy atom. The third kappa shape index (κ3) is 6.00. The summed E-state index contributed by atoms with van der Waals surface area (Å²) in [5.41, 5.74) is 0. The highest BCUT2D eigenvalue weighted by Gasteiger charge is 2.29. The third-order valence-electron chi connectivity index (χ3n) is 2.90. The second-order valence-corrected chi connectivity index (χ2v) is 4.32. The normalized spacial score (nSPS) is 23.2. The maximum Gasteiger partial charge on any atom is 0.233 e. The molecular weight excluding hydrogens is 220 g/mol. The fourth-order valence-electron chi connectivity index (χ4n) is 1.85. The van der Waals surface area contributed by atoms with Crippen LogP contribution >= 0.6 is 0 Å². The van der Waals surface area contributed by atoms with E-state index in [2.05, 4.69) is 10.6 Å². The van der Waals surface area contributed by atoms with Crippen molar-refractivity contribution in [2.24, 2.45) is 0 Å². The van der Waals surface area contributed by atoms with Crippen LogP contribution in [0.5, 0.6) is 0 Å². The first-order valence-electron chi connectivity index (χ1n) is 6.36. The Kier molecular flexibility index (Phi) is 7.16. The first kappa shape index (κ1) is 14.4. The van der Waals surface area contributed by atoms with Crippen LogP contribution in [0.25, 0.3) is 0 Å². The zero-order chi connectivity index (χ0) is 12.5. The number of rotatable bonds is 9. The van der Waals surface area contributed by atoms with E-state index < -0.39 is 0 Å². The predicted octanol–water partition coefficient (Wildman–Crippen LogP) is 0.296. The number of nitrogens with one attached hydrogen (secondary N) is 2. The maximum atomic E-state index is 11.4. The van der Waals surface area contributed by atoms with Gasteiger partial charge in [0.25, 0.3) is 0 Å². The van der Waals surface area contributed by atoms with Crippen LogP contribution < -0.4 is 10.6 Å². The first-order chi connectivity index (χ1) is 8.26. The van der Waals surface area contributed by atoms with Gasteiger partial charge in [-0.1, -0.05) is 0 Å². The van der Waals surface area contributed by atoms with E-state index >= 15 is 0 Å². The van der Waals surface area contributed by atoms with E-state index in [1.807, 2.05) is 6.92 Å². The smallest absolute Gasteiger partial charge is 0.233 e. The lowest BCUT2D eigenvalue weighted by atomic mass is 9.89. The van der Waals surface area contributed by atoms with Crippen LogP contribution in [0.1, 0.15) is 26.2 Å². The minimum atomic E-state index is 0.0564. The highest BCUT2D eigenvalue weighted by atomic mass is 16.5. The molecule has 100 valence electrons. The SMILES string of the molecule is CCOC1CC(NCC(=O)NCCCOC)C1. The number of carbonyl (C=O) groups excluding carboxylic acids is 1. The van der Waals surface area contributed by atoms with Crippen molar-refractivity contribution in [3.8, 4) is 0 Å². The number of hydrogen-bond acceptors (Lipinski definition) is 4. The Morgan fingerprint density at radius 3 is 2.82 bits per heavy atom. The molecule has 0 aromatic carbocycles. The second-order valence-electron chi connectivity index (χ2n) is 4.32. The molecule has 5 nitrogen and oxygen atoms in total. The fourth-order valence-corrected chi connectivity index (χ4v) is 1.85. The van der Waals surface area contributed by atoms with Crippen molar-refractivity contribution in [2.45, 2.75) is 38.3 Å². The van der Waals surface area contributed by atoms with E-state index in [1.54, 1.807) is 7.11 Å². The molecule has 0 unspecified atom stereocenters. The van der Waals surface area contributed by atoms with E-state index in [0.717, 1.165) is 25.9 Å². The lowest BCUT2D eigenvalue weighted by Crippen LogP contribution is -2.48. The summed E-state index contributed by atoms with van der Waals surface area (Å²) >= 11 is 0. The average molecular weight is 244 g/mol. The van der Waals surface area contributed by atoms with Crippen molar-refractivity contribution in [3.63, 3.8) is 0 Å². The number of amides is 1. The standard InChI is InChI=1S/C12H24N2O3/c1-3-17-11-7-10(8-11)14-9-12(15)13-5-4-6-16-2/h10-11,14H,3-9H2,1-2H3,(H,13,15). The van der Waals surface area contributed by atoms with Crippen LogP contribution in [0, 0.1) is 0 Å². The number of carbonyl (C=O) groups is 1. The molecule has 0 atom stereocenters.